The van der Waals surface area contributed by atoms with Crippen LogP contribution in [0.1, 0.15) is 12.6 Å². The number of hydrogen-bond acceptors (Lipinski definition) is 7. The summed E-state index contributed by atoms with van der Waals surface area (Å²) in [5.74, 6) is 0.722. The fraction of sp³-hybridized carbons (Fsp3) is 0.462. The van der Waals surface area contributed by atoms with Crippen molar-refractivity contribution in [2.75, 3.05) is 11.9 Å². The Hall–Kier alpha value is -2.55. The normalized spacial score (nSPS) is 12.7. The molecular formula is C13H18N8O. The van der Waals surface area contributed by atoms with Crippen LogP contribution in [0.5, 0.6) is 0 Å². The molecule has 1 atom stereocenters. The average molecular weight is 302 g/mol. The highest BCUT2D eigenvalue weighted by Gasteiger charge is 2.15. The van der Waals surface area contributed by atoms with Crippen LogP contribution in [0, 0.1) is 0 Å². The van der Waals surface area contributed by atoms with E-state index in [2.05, 4.69) is 25.3 Å². The van der Waals surface area contributed by atoms with Gasteiger partial charge in [-0.2, -0.15) is 0 Å². The van der Waals surface area contributed by atoms with Gasteiger partial charge in [-0.25, -0.2) is 15.0 Å². The molecule has 0 spiro atoms. The van der Waals surface area contributed by atoms with Crippen molar-refractivity contribution in [1.82, 2.24) is 34.5 Å². The first-order valence-electron chi connectivity index (χ1n) is 6.95. The number of aromatic nitrogens is 7. The molecule has 0 fully saturated rings. The summed E-state index contributed by atoms with van der Waals surface area (Å²) in [7, 11) is 3.75. The van der Waals surface area contributed by atoms with Crippen LogP contribution in [0.2, 0.25) is 0 Å². The van der Waals surface area contributed by atoms with Crippen LogP contribution in [-0.2, 0) is 20.1 Å². The van der Waals surface area contributed by atoms with Crippen molar-refractivity contribution in [3.8, 4) is 0 Å². The van der Waals surface area contributed by atoms with E-state index in [1.54, 1.807) is 17.9 Å². The van der Waals surface area contributed by atoms with Gasteiger partial charge in [0.1, 0.15) is 12.0 Å². The van der Waals surface area contributed by atoms with Crippen LogP contribution in [0.25, 0.3) is 11.2 Å². The molecule has 0 saturated heterocycles. The third-order valence-corrected chi connectivity index (χ3v) is 3.25. The second-order valence-corrected chi connectivity index (χ2v) is 5.36. The Morgan fingerprint density at radius 1 is 1.32 bits per heavy atom. The summed E-state index contributed by atoms with van der Waals surface area (Å²) in [6.07, 6.45) is 4.57. The standard InChI is InChI=1S/C13H18N8O/c1-9(22)4-21-8-16-11-12(14-7-15-13(11)21)19(2)5-10-6-20(3)18-17-10/h6-9,22H,4-5H2,1-3H3. The van der Waals surface area contributed by atoms with Gasteiger partial charge in [0.15, 0.2) is 17.0 Å². The fourth-order valence-corrected chi connectivity index (χ4v) is 2.35. The van der Waals surface area contributed by atoms with Crippen molar-refractivity contribution in [2.45, 2.75) is 26.1 Å². The number of anilines is 1. The summed E-state index contributed by atoms with van der Waals surface area (Å²) in [4.78, 5) is 14.9. The second kappa shape index (κ2) is 5.68. The highest BCUT2D eigenvalue weighted by atomic mass is 16.3. The number of aliphatic hydroxyl groups excluding tert-OH is 1. The van der Waals surface area contributed by atoms with Gasteiger partial charge in [-0.15, -0.1) is 5.10 Å². The Kier molecular flexibility index (Phi) is 3.72. The highest BCUT2D eigenvalue weighted by molar-refractivity contribution is 5.83. The van der Waals surface area contributed by atoms with E-state index in [9.17, 15) is 5.11 Å². The third-order valence-electron chi connectivity index (χ3n) is 3.25. The van der Waals surface area contributed by atoms with Gasteiger partial charge < -0.3 is 14.6 Å². The summed E-state index contributed by atoms with van der Waals surface area (Å²) in [5.41, 5.74) is 2.26. The summed E-state index contributed by atoms with van der Waals surface area (Å²) in [5, 5.41) is 17.5. The summed E-state index contributed by atoms with van der Waals surface area (Å²) < 4.78 is 3.48. The lowest BCUT2D eigenvalue weighted by Gasteiger charge is -2.16. The molecule has 116 valence electrons. The van der Waals surface area contributed by atoms with E-state index in [0.29, 0.717) is 24.3 Å². The maximum absolute atomic E-state index is 9.54. The van der Waals surface area contributed by atoms with Crippen LogP contribution >= 0.6 is 0 Å². The number of imidazole rings is 1. The number of rotatable bonds is 5. The molecule has 0 aliphatic heterocycles. The lowest BCUT2D eigenvalue weighted by Crippen LogP contribution is -2.19. The average Bonchev–Trinajstić information content (AvgIpc) is 3.05. The predicted octanol–water partition coefficient (Wildman–Crippen LogP) is -0.0280. The lowest BCUT2D eigenvalue weighted by molar-refractivity contribution is 0.175. The molecule has 9 nitrogen and oxygen atoms in total. The number of fused-ring (bicyclic) bond motifs is 1. The summed E-state index contributed by atoms with van der Waals surface area (Å²) in [6, 6.07) is 0. The third kappa shape index (κ3) is 2.75. The first-order chi connectivity index (χ1) is 10.5. The van der Waals surface area contributed by atoms with E-state index in [4.69, 9.17) is 0 Å². The molecule has 9 heteroatoms. The van der Waals surface area contributed by atoms with Crippen LogP contribution < -0.4 is 4.90 Å². The van der Waals surface area contributed by atoms with Crippen molar-refractivity contribution >= 4 is 17.0 Å². The van der Waals surface area contributed by atoms with Gasteiger partial charge in [0.25, 0.3) is 0 Å². The van der Waals surface area contributed by atoms with Crippen LogP contribution in [0.15, 0.2) is 18.9 Å². The topological polar surface area (TPSA) is 97.8 Å². The lowest BCUT2D eigenvalue weighted by atomic mass is 10.4. The molecular weight excluding hydrogens is 284 g/mol. The largest absolute Gasteiger partial charge is 0.392 e. The van der Waals surface area contributed by atoms with E-state index in [0.717, 1.165) is 11.5 Å². The van der Waals surface area contributed by atoms with Gasteiger partial charge in [-0.3, -0.25) is 4.68 Å². The molecule has 22 heavy (non-hydrogen) atoms. The van der Waals surface area contributed by atoms with Gasteiger partial charge >= 0.3 is 0 Å². The van der Waals surface area contributed by atoms with Gasteiger partial charge in [-0.1, -0.05) is 5.21 Å². The fourth-order valence-electron chi connectivity index (χ4n) is 2.35. The zero-order valence-corrected chi connectivity index (χ0v) is 12.7. The van der Waals surface area contributed by atoms with Gasteiger partial charge in [0.2, 0.25) is 0 Å². The van der Waals surface area contributed by atoms with Crippen molar-refractivity contribution in [3.63, 3.8) is 0 Å². The molecule has 0 saturated carbocycles. The van der Waals surface area contributed by atoms with Crippen molar-refractivity contribution in [3.05, 3.63) is 24.5 Å². The number of aryl methyl sites for hydroxylation is 1. The molecule has 0 radical (unpaired) electrons. The summed E-state index contributed by atoms with van der Waals surface area (Å²) in [6.45, 7) is 2.75. The van der Waals surface area contributed by atoms with Crippen molar-refractivity contribution in [2.24, 2.45) is 7.05 Å². The molecule has 1 unspecified atom stereocenters. The quantitative estimate of drug-likeness (QED) is 0.707. The molecule has 0 amide bonds. The Morgan fingerprint density at radius 3 is 2.82 bits per heavy atom. The highest BCUT2D eigenvalue weighted by Crippen LogP contribution is 2.21. The SMILES string of the molecule is CC(O)Cn1cnc2c(N(C)Cc3cn(C)nn3)ncnc21. The molecule has 0 aliphatic carbocycles. The van der Waals surface area contributed by atoms with E-state index in [-0.39, 0.29) is 0 Å². The number of hydrogen-bond donors (Lipinski definition) is 1. The Bertz CT molecular complexity index is 777. The van der Waals surface area contributed by atoms with Crippen LogP contribution in [-0.4, -0.2) is 52.8 Å². The van der Waals surface area contributed by atoms with Crippen LogP contribution in [0.3, 0.4) is 0 Å². The number of aliphatic hydroxyl groups is 1. The molecule has 0 bridgehead atoms. The maximum atomic E-state index is 9.54. The second-order valence-electron chi connectivity index (χ2n) is 5.36. The van der Waals surface area contributed by atoms with Gasteiger partial charge in [-0.05, 0) is 6.92 Å². The summed E-state index contributed by atoms with van der Waals surface area (Å²) >= 11 is 0. The molecule has 0 aliphatic rings. The maximum Gasteiger partial charge on any atom is 0.165 e. The zero-order valence-electron chi connectivity index (χ0n) is 12.7. The Balaban J connectivity index is 1.91. The monoisotopic (exact) mass is 302 g/mol. The Morgan fingerprint density at radius 2 is 2.14 bits per heavy atom. The minimum Gasteiger partial charge on any atom is -0.392 e. The first-order valence-corrected chi connectivity index (χ1v) is 6.95. The smallest absolute Gasteiger partial charge is 0.165 e. The zero-order chi connectivity index (χ0) is 15.7. The van der Waals surface area contributed by atoms with Gasteiger partial charge in [0.05, 0.1) is 25.5 Å². The van der Waals surface area contributed by atoms with E-state index in [1.807, 2.05) is 29.8 Å². The van der Waals surface area contributed by atoms with Crippen molar-refractivity contribution in [1.29, 1.82) is 0 Å². The van der Waals surface area contributed by atoms with Gasteiger partial charge in [0, 0.05) is 20.3 Å². The Labute approximate surface area is 127 Å². The minimum atomic E-state index is -0.465. The first kappa shape index (κ1) is 14.4. The predicted molar refractivity (Wildman–Crippen MR) is 80.1 cm³/mol. The molecule has 3 aromatic rings. The van der Waals surface area contributed by atoms with E-state index >= 15 is 0 Å². The molecule has 3 aromatic heterocycles. The minimum absolute atomic E-state index is 0.445. The van der Waals surface area contributed by atoms with Crippen molar-refractivity contribution < 1.29 is 5.11 Å². The molecule has 1 N–H and O–H groups in total. The molecule has 3 heterocycles. The number of nitrogens with zero attached hydrogens (tertiary/aromatic N) is 8. The molecule has 3 rings (SSSR count). The molecule has 0 aromatic carbocycles. The van der Waals surface area contributed by atoms with E-state index < -0.39 is 6.10 Å². The van der Waals surface area contributed by atoms with Crippen LogP contribution in [0.4, 0.5) is 5.82 Å². The van der Waals surface area contributed by atoms with E-state index in [1.165, 1.54) is 6.33 Å².